The fourth-order valence-corrected chi connectivity index (χ4v) is 4.17. The van der Waals surface area contributed by atoms with Gasteiger partial charge in [0.2, 0.25) is 0 Å². The molecule has 1 fully saturated rings. The molecule has 0 aliphatic heterocycles. The molecule has 1 aliphatic rings. The van der Waals surface area contributed by atoms with Crippen LogP contribution in [0.25, 0.3) is 22.2 Å². The highest BCUT2D eigenvalue weighted by atomic mass is 16.6. The van der Waals surface area contributed by atoms with Crippen LogP contribution in [0, 0.1) is 11.3 Å². The largest absolute Gasteiger partial charge is 0.447 e. The monoisotopic (exact) mass is 468 g/mol. The minimum absolute atomic E-state index is 0.229. The number of fused-ring (bicyclic) bond motifs is 1. The molecular formula is C26H24N6O3. The minimum atomic E-state index is -0.559. The number of nitriles is 1. The van der Waals surface area contributed by atoms with E-state index >= 15 is 0 Å². The molecule has 4 aromatic rings. The van der Waals surface area contributed by atoms with Crippen molar-refractivity contribution in [3.05, 3.63) is 60.6 Å². The number of hydrogen-bond acceptors (Lipinski definition) is 7. The topological polar surface area (TPSA) is 115 Å². The molecule has 1 N–H and O–H groups in total. The second-order valence-corrected chi connectivity index (χ2v) is 8.61. The third-order valence-corrected chi connectivity index (χ3v) is 5.89. The molecule has 1 saturated carbocycles. The van der Waals surface area contributed by atoms with Crippen LogP contribution in [0.3, 0.4) is 0 Å². The first-order valence-electron chi connectivity index (χ1n) is 11.5. The number of amides is 1. The lowest BCUT2D eigenvalue weighted by molar-refractivity contribution is 0.130. The van der Waals surface area contributed by atoms with Crippen LogP contribution < -0.4 is 10.1 Å². The summed E-state index contributed by atoms with van der Waals surface area (Å²) in [5.74, 6) is 0.974. The fourth-order valence-electron chi connectivity index (χ4n) is 4.17. The van der Waals surface area contributed by atoms with Gasteiger partial charge in [-0.1, -0.05) is 0 Å². The van der Waals surface area contributed by atoms with Crippen LogP contribution >= 0.6 is 0 Å². The molecule has 5 rings (SSSR count). The molecule has 176 valence electrons. The van der Waals surface area contributed by atoms with E-state index in [4.69, 9.17) is 9.47 Å². The lowest BCUT2D eigenvalue weighted by atomic mass is 9.92. The normalized spacial score (nSPS) is 13.3. The maximum atomic E-state index is 11.9. The van der Waals surface area contributed by atoms with Gasteiger partial charge in [0.1, 0.15) is 17.6 Å². The second kappa shape index (κ2) is 9.43. The smallest absolute Gasteiger partial charge is 0.413 e. The number of carbonyl (C=O) groups is 1. The van der Waals surface area contributed by atoms with Crippen molar-refractivity contribution < 1.29 is 14.3 Å². The molecule has 0 atom stereocenters. The van der Waals surface area contributed by atoms with Gasteiger partial charge in [-0.15, -0.1) is 0 Å². The minimum Gasteiger partial charge on any atom is -0.447 e. The van der Waals surface area contributed by atoms with Gasteiger partial charge in [0.05, 0.1) is 22.9 Å². The molecule has 0 radical (unpaired) electrons. The number of carbonyl (C=O) groups excluding carboxylic acids is 1. The molecule has 1 amide bonds. The van der Waals surface area contributed by atoms with E-state index in [1.54, 1.807) is 44.6 Å². The van der Waals surface area contributed by atoms with E-state index in [-0.39, 0.29) is 18.2 Å². The first-order chi connectivity index (χ1) is 17.0. The van der Waals surface area contributed by atoms with Crippen LogP contribution in [-0.4, -0.2) is 31.7 Å². The second-order valence-electron chi connectivity index (χ2n) is 8.61. The van der Waals surface area contributed by atoms with Gasteiger partial charge in [0.25, 0.3) is 0 Å². The maximum Gasteiger partial charge on any atom is 0.413 e. The Balaban J connectivity index is 1.55. The molecule has 0 saturated heterocycles. The van der Waals surface area contributed by atoms with E-state index in [1.165, 1.54) is 0 Å². The Morgan fingerprint density at radius 1 is 1.17 bits per heavy atom. The van der Waals surface area contributed by atoms with Crippen LogP contribution in [0.15, 0.2) is 55.0 Å². The predicted octanol–water partition coefficient (Wildman–Crippen LogP) is 5.84. The molecule has 3 heterocycles. The van der Waals surface area contributed by atoms with Crippen LogP contribution in [0.5, 0.6) is 11.8 Å². The molecule has 0 bridgehead atoms. The summed E-state index contributed by atoms with van der Waals surface area (Å²) in [5, 5.41) is 13.6. The number of anilines is 1. The first-order valence-corrected chi connectivity index (χ1v) is 11.5. The summed E-state index contributed by atoms with van der Waals surface area (Å²) in [6.07, 6.45) is 7.33. The van der Waals surface area contributed by atoms with E-state index in [2.05, 4.69) is 30.9 Å². The summed E-state index contributed by atoms with van der Waals surface area (Å²) in [6.45, 7) is 3.56. The van der Waals surface area contributed by atoms with Gasteiger partial charge < -0.3 is 14.0 Å². The van der Waals surface area contributed by atoms with Crippen molar-refractivity contribution in [1.29, 1.82) is 5.26 Å². The summed E-state index contributed by atoms with van der Waals surface area (Å²) in [5.41, 5.74) is 3.10. The lowest BCUT2D eigenvalue weighted by Gasteiger charge is -2.30. The van der Waals surface area contributed by atoms with Crippen molar-refractivity contribution in [1.82, 2.24) is 19.5 Å². The summed E-state index contributed by atoms with van der Waals surface area (Å²) in [7, 11) is 0. The highest BCUT2D eigenvalue weighted by Crippen LogP contribution is 2.43. The van der Waals surface area contributed by atoms with E-state index < -0.39 is 6.09 Å². The molecular weight excluding hydrogens is 444 g/mol. The Morgan fingerprint density at radius 3 is 2.60 bits per heavy atom. The van der Waals surface area contributed by atoms with Crippen molar-refractivity contribution in [3.8, 4) is 29.1 Å². The first kappa shape index (κ1) is 22.3. The predicted molar refractivity (Wildman–Crippen MR) is 130 cm³/mol. The third kappa shape index (κ3) is 4.51. The Labute approximate surface area is 202 Å². The SMILES string of the molecule is CC(C)OC(=O)Nc1ccc(-c2c(C#N)c3ccc(Oc4ncccn4)cc3n2C2CCC2)cn1. The third-order valence-electron chi connectivity index (χ3n) is 5.89. The van der Waals surface area contributed by atoms with Crippen molar-refractivity contribution in [3.63, 3.8) is 0 Å². The van der Waals surface area contributed by atoms with Crippen LogP contribution in [0.4, 0.5) is 10.6 Å². The Hall–Kier alpha value is -4.45. The highest BCUT2D eigenvalue weighted by Gasteiger charge is 2.28. The molecule has 9 heteroatoms. The summed E-state index contributed by atoms with van der Waals surface area (Å²) < 4.78 is 13.2. The number of hydrogen-bond donors (Lipinski definition) is 1. The van der Waals surface area contributed by atoms with Gasteiger partial charge in [-0.2, -0.15) is 5.26 Å². The molecule has 1 aliphatic carbocycles. The number of aromatic nitrogens is 4. The zero-order valence-corrected chi connectivity index (χ0v) is 19.4. The molecule has 35 heavy (non-hydrogen) atoms. The van der Waals surface area contributed by atoms with Crippen LogP contribution in [-0.2, 0) is 4.74 Å². The average Bonchev–Trinajstić information content (AvgIpc) is 3.12. The van der Waals surface area contributed by atoms with Crippen molar-refractivity contribution in [2.75, 3.05) is 5.32 Å². The molecule has 1 aromatic carbocycles. The average molecular weight is 469 g/mol. The number of pyridine rings is 1. The molecule has 3 aromatic heterocycles. The van der Waals surface area contributed by atoms with Gasteiger partial charge in [0.15, 0.2) is 0 Å². The summed E-state index contributed by atoms with van der Waals surface area (Å²) >= 11 is 0. The van der Waals surface area contributed by atoms with Crippen molar-refractivity contribution >= 4 is 22.8 Å². The molecule has 0 spiro atoms. The number of nitrogens with one attached hydrogen (secondary N) is 1. The fraction of sp³-hybridized carbons (Fsp3) is 0.269. The highest BCUT2D eigenvalue weighted by molar-refractivity contribution is 5.95. The Bertz CT molecular complexity index is 1400. The van der Waals surface area contributed by atoms with Crippen molar-refractivity contribution in [2.24, 2.45) is 0 Å². The van der Waals surface area contributed by atoms with Gasteiger partial charge in [-0.25, -0.2) is 19.7 Å². The van der Waals surface area contributed by atoms with Crippen LogP contribution in [0.2, 0.25) is 0 Å². The summed E-state index contributed by atoms with van der Waals surface area (Å²) in [4.78, 5) is 24.6. The summed E-state index contributed by atoms with van der Waals surface area (Å²) in [6, 6.07) is 13.9. The Morgan fingerprint density at radius 2 is 1.97 bits per heavy atom. The maximum absolute atomic E-state index is 11.9. The van der Waals surface area contributed by atoms with Gasteiger partial charge in [0, 0.05) is 41.6 Å². The standard InChI is InChI=1S/C26H24N6O3/c1-16(2)34-26(33)31-23-10-7-17(15-30-23)24-21(14-27)20-9-8-19(35-25-28-11-4-12-29-25)13-22(20)32(24)18-5-3-6-18/h4,7-13,15-16,18H,3,5-6H2,1-2H3,(H,30,31,33). The number of ether oxygens (including phenoxy) is 2. The van der Waals surface area contributed by atoms with E-state index in [9.17, 15) is 10.1 Å². The van der Waals surface area contributed by atoms with E-state index in [1.807, 2.05) is 24.3 Å². The van der Waals surface area contributed by atoms with Gasteiger partial charge in [-0.05, 0) is 63.4 Å². The zero-order valence-electron chi connectivity index (χ0n) is 19.4. The Kier molecular flexibility index (Phi) is 6.02. The number of rotatable bonds is 6. The molecule has 0 unspecified atom stereocenters. The number of benzene rings is 1. The molecule has 9 nitrogen and oxygen atoms in total. The zero-order chi connectivity index (χ0) is 24.4. The van der Waals surface area contributed by atoms with Gasteiger partial charge >= 0.3 is 12.1 Å². The lowest BCUT2D eigenvalue weighted by Crippen LogP contribution is -2.19. The van der Waals surface area contributed by atoms with E-state index in [0.29, 0.717) is 17.1 Å². The van der Waals surface area contributed by atoms with Crippen molar-refractivity contribution in [2.45, 2.75) is 45.3 Å². The number of nitrogens with zero attached hydrogens (tertiary/aromatic N) is 5. The van der Waals surface area contributed by atoms with Crippen LogP contribution in [0.1, 0.15) is 44.7 Å². The van der Waals surface area contributed by atoms with E-state index in [0.717, 1.165) is 41.4 Å². The quantitative estimate of drug-likeness (QED) is 0.378. The van der Waals surface area contributed by atoms with Gasteiger partial charge in [-0.3, -0.25) is 5.32 Å².